The number of hydrogen-bond acceptors (Lipinski definition) is 2. The number of hydrogen-bond donors (Lipinski definition) is 1. The first-order valence-electron chi connectivity index (χ1n) is 11.3. The zero-order valence-electron chi connectivity index (χ0n) is 18.5. The van der Waals surface area contributed by atoms with Gasteiger partial charge in [-0.3, -0.25) is 9.13 Å². The molecule has 0 radical (unpaired) electrons. The number of imidazole rings is 1. The number of benzene rings is 2. The fourth-order valence-corrected chi connectivity index (χ4v) is 3.89. The summed E-state index contributed by atoms with van der Waals surface area (Å²) in [5.74, 6) is -0.934. The minimum absolute atomic E-state index is 0.0558. The van der Waals surface area contributed by atoms with Crippen LogP contribution < -0.4 is 5.69 Å². The van der Waals surface area contributed by atoms with Gasteiger partial charge in [-0.1, -0.05) is 75.6 Å². The quantitative estimate of drug-likeness (QED) is 0.411. The molecule has 3 rings (SSSR count). The summed E-state index contributed by atoms with van der Waals surface area (Å²) in [5.41, 5.74) is 4.03. The molecule has 0 amide bonds. The maximum atomic E-state index is 13.0. The largest absolute Gasteiger partial charge is 0.478 e. The van der Waals surface area contributed by atoms with Gasteiger partial charge in [-0.15, -0.1) is 0 Å². The van der Waals surface area contributed by atoms with Crippen molar-refractivity contribution in [1.82, 2.24) is 9.13 Å². The van der Waals surface area contributed by atoms with Gasteiger partial charge in [0.25, 0.3) is 0 Å². The third-order valence-corrected chi connectivity index (χ3v) is 5.68. The third-order valence-electron chi connectivity index (χ3n) is 5.68. The minimum atomic E-state index is -0.934. The van der Waals surface area contributed by atoms with Crippen LogP contribution in [0.3, 0.4) is 0 Å². The van der Waals surface area contributed by atoms with Crippen LogP contribution in [0.15, 0.2) is 59.5 Å². The lowest BCUT2D eigenvalue weighted by Gasteiger charge is -2.10. The van der Waals surface area contributed by atoms with Crippen LogP contribution in [0.5, 0.6) is 0 Å². The molecule has 0 saturated carbocycles. The van der Waals surface area contributed by atoms with Crippen LogP contribution in [0.25, 0.3) is 11.1 Å². The van der Waals surface area contributed by atoms with E-state index in [1.54, 1.807) is 12.1 Å². The minimum Gasteiger partial charge on any atom is -0.478 e. The molecule has 1 heterocycles. The molecule has 31 heavy (non-hydrogen) atoms. The fraction of sp³-hybridized carbons (Fsp3) is 0.385. The average molecular weight is 421 g/mol. The molecule has 2 aromatic carbocycles. The molecule has 1 N–H and O–H groups in total. The van der Waals surface area contributed by atoms with Gasteiger partial charge >= 0.3 is 11.7 Å². The van der Waals surface area contributed by atoms with Crippen molar-refractivity contribution in [2.24, 2.45) is 0 Å². The molecule has 5 nitrogen and oxygen atoms in total. The number of unbranched alkanes of at least 4 members (excludes halogenated alkanes) is 3. The lowest BCUT2D eigenvalue weighted by molar-refractivity contribution is 0.0697. The van der Waals surface area contributed by atoms with Crippen molar-refractivity contribution >= 4 is 5.97 Å². The molecule has 0 aliphatic rings. The van der Waals surface area contributed by atoms with E-state index < -0.39 is 5.97 Å². The van der Waals surface area contributed by atoms with Crippen LogP contribution in [0.1, 0.15) is 67.6 Å². The van der Waals surface area contributed by atoms with Crippen molar-refractivity contribution in [3.63, 3.8) is 0 Å². The first-order chi connectivity index (χ1) is 15.0. The molecule has 0 fully saturated rings. The summed E-state index contributed by atoms with van der Waals surface area (Å²) in [6.07, 6.45) is 8.39. The number of aryl methyl sites for hydroxylation is 2. The molecule has 0 atom stereocenters. The molecular weight excluding hydrogens is 388 g/mol. The normalized spacial score (nSPS) is 11.0. The van der Waals surface area contributed by atoms with Crippen LogP contribution in [0, 0.1) is 0 Å². The number of carbonyl (C=O) groups is 1. The Hall–Kier alpha value is -3.08. The van der Waals surface area contributed by atoms with Crippen molar-refractivity contribution in [3.05, 3.63) is 82.0 Å². The molecule has 0 spiro atoms. The van der Waals surface area contributed by atoms with E-state index in [-0.39, 0.29) is 11.3 Å². The SMILES string of the molecule is CCCCCc1cn(CCCC)c(=O)n1Cc1ccc(-c2ccccc2C(=O)O)cc1. The molecule has 1 aromatic heterocycles. The van der Waals surface area contributed by atoms with E-state index in [0.717, 1.165) is 61.9 Å². The van der Waals surface area contributed by atoms with Crippen molar-refractivity contribution in [2.45, 2.75) is 65.5 Å². The summed E-state index contributed by atoms with van der Waals surface area (Å²) in [6, 6.07) is 14.9. The topological polar surface area (TPSA) is 64.2 Å². The highest BCUT2D eigenvalue weighted by Crippen LogP contribution is 2.24. The van der Waals surface area contributed by atoms with Gasteiger partial charge in [-0.25, -0.2) is 9.59 Å². The highest BCUT2D eigenvalue weighted by atomic mass is 16.4. The zero-order valence-corrected chi connectivity index (χ0v) is 18.5. The van der Waals surface area contributed by atoms with E-state index in [0.29, 0.717) is 12.1 Å². The first-order valence-corrected chi connectivity index (χ1v) is 11.3. The summed E-state index contributed by atoms with van der Waals surface area (Å²) in [5, 5.41) is 9.45. The fourth-order valence-electron chi connectivity index (χ4n) is 3.89. The van der Waals surface area contributed by atoms with Crippen molar-refractivity contribution in [2.75, 3.05) is 0 Å². The van der Waals surface area contributed by atoms with Gasteiger partial charge < -0.3 is 5.11 Å². The van der Waals surface area contributed by atoms with Gasteiger partial charge in [-0.05, 0) is 42.0 Å². The van der Waals surface area contributed by atoms with E-state index in [9.17, 15) is 14.7 Å². The lowest BCUT2D eigenvalue weighted by Crippen LogP contribution is -2.25. The van der Waals surface area contributed by atoms with E-state index in [2.05, 4.69) is 13.8 Å². The number of aromatic carboxylic acids is 1. The van der Waals surface area contributed by atoms with Gasteiger partial charge in [0.1, 0.15) is 0 Å². The molecule has 3 aromatic rings. The third kappa shape index (κ3) is 5.54. The van der Waals surface area contributed by atoms with E-state index in [4.69, 9.17) is 0 Å². The van der Waals surface area contributed by atoms with Crippen molar-refractivity contribution < 1.29 is 9.90 Å². The Morgan fingerprint density at radius 1 is 0.935 bits per heavy atom. The van der Waals surface area contributed by atoms with Gasteiger partial charge in [0.2, 0.25) is 0 Å². The summed E-state index contributed by atoms with van der Waals surface area (Å²) >= 11 is 0. The summed E-state index contributed by atoms with van der Waals surface area (Å²) in [7, 11) is 0. The first kappa shape index (κ1) is 22.6. The smallest absolute Gasteiger partial charge is 0.336 e. The Labute approximate surface area is 184 Å². The maximum absolute atomic E-state index is 13.0. The Bertz CT molecular complexity index is 1060. The van der Waals surface area contributed by atoms with E-state index in [1.165, 1.54) is 0 Å². The standard InChI is InChI=1S/C26H32N2O3/c1-3-5-7-10-22-19-27(17-6-4-2)26(31)28(22)18-20-13-15-21(16-14-20)23-11-8-9-12-24(23)25(29)30/h8-9,11-16,19H,3-7,10,17-18H2,1-2H3,(H,29,30). The van der Waals surface area contributed by atoms with Gasteiger partial charge in [0.05, 0.1) is 12.1 Å². The zero-order chi connectivity index (χ0) is 22.2. The van der Waals surface area contributed by atoms with Crippen molar-refractivity contribution in [3.8, 4) is 11.1 Å². The summed E-state index contributed by atoms with van der Waals surface area (Å²) in [4.78, 5) is 24.5. The second-order valence-electron chi connectivity index (χ2n) is 8.04. The highest BCUT2D eigenvalue weighted by molar-refractivity contribution is 5.95. The van der Waals surface area contributed by atoms with E-state index in [1.807, 2.05) is 51.7 Å². The number of rotatable bonds is 11. The molecule has 164 valence electrons. The highest BCUT2D eigenvalue weighted by Gasteiger charge is 2.13. The molecule has 0 aliphatic heterocycles. The van der Waals surface area contributed by atoms with E-state index >= 15 is 0 Å². The Kier molecular flexibility index (Phi) is 7.88. The molecule has 0 unspecified atom stereocenters. The predicted octanol–water partition coefficient (Wildman–Crippen LogP) is 5.60. The van der Waals surface area contributed by atoms with Crippen LogP contribution in [-0.2, 0) is 19.5 Å². The predicted molar refractivity (Wildman–Crippen MR) is 125 cm³/mol. The second-order valence-corrected chi connectivity index (χ2v) is 8.04. The van der Waals surface area contributed by atoms with Crippen molar-refractivity contribution in [1.29, 1.82) is 0 Å². The Balaban J connectivity index is 1.86. The summed E-state index contributed by atoms with van der Waals surface area (Å²) in [6.45, 7) is 5.60. The summed E-state index contributed by atoms with van der Waals surface area (Å²) < 4.78 is 3.74. The molecule has 0 saturated heterocycles. The molecular formula is C26H32N2O3. The molecule has 5 heteroatoms. The van der Waals surface area contributed by atoms with Crippen LogP contribution in [0.2, 0.25) is 0 Å². The lowest BCUT2D eigenvalue weighted by atomic mass is 9.99. The Morgan fingerprint density at radius 2 is 1.65 bits per heavy atom. The van der Waals surface area contributed by atoms with Crippen LogP contribution in [-0.4, -0.2) is 20.2 Å². The van der Waals surface area contributed by atoms with Gasteiger partial charge in [0.15, 0.2) is 0 Å². The van der Waals surface area contributed by atoms with Crippen LogP contribution in [0.4, 0.5) is 0 Å². The molecule has 0 bridgehead atoms. The Morgan fingerprint density at radius 3 is 2.32 bits per heavy atom. The average Bonchev–Trinajstić information content (AvgIpc) is 3.07. The maximum Gasteiger partial charge on any atom is 0.336 e. The van der Waals surface area contributed by atoms with Crippen LogP contribution >= 0.6 is 0 Å². The number of carboxylic acid groups (broad SMARTS) is 1. The number of nitrogens with zero attached hydrogens (tertiary/aromatic N) is 2. The molecule has 0 aliphatic carbocycles. The van der Waals surface area contributed by atoms with Gasteiger partial charge in [0, 0.05) is 18.4 Å². The van der Waals surface area contributed by atoms with Gasteiger partial charge in [-0.2, -0.15) is 0 Å². The number of carboxylic acids is 1. The number of aromatic nitrogens is 2. The second kappa shape index (κ2) is 10.8. The monoisotopic (exact) mass is 420 g/mol.